The molecule has 2 amide bonds. The van der Waals surface area contributed by atoms with Crippen LogP contribution in [-0.4, -0.2) is 29.6 Å². The van der Waals surface area contributed by atoms with Crippen molar-refractivity contribution in [3.8, 4) is 17.9 Å². The number of ether oxygens (including phenoxy) is 2. The topological polar surface area (TPSA) is 103 Å². The Balaban J connectivity index is 1.31. The third-order valence-electron chi connectivity index (χ3n) is 8.68. The maximum absolute atomic E-state index is 14.0. The molecule has 3 fully saturated rings. The summed E-state index contributed by atoms with van der Waals surface area (Å²) >= 11 is 0. The molecule has 0 aromatic heterocycles. The van der Waals surface area contributed by atoms with Crippen molar-refractivity contribution in [3.05, 3.63) is 70.8 Å². The van der Waals surface area contributed by atoms with Gasteiger partial charge in [-0.2, -0.15) is 10.5 Å². The molecule has 3 aliphatic heterocycles. The molecule has 7 heteroatoms. The molecule has 3 aliphatic rings. The van der Waals surface area contributed by atoms with Gasteiger partial charge in [-0.1, -0.05) is 30.3 Å². The number of carbonyl (C=O) groups is 2. The van der Waals surface area contributed by atoms with Gasteiger partial charge in [0.15, 0.2) is 0 Å². The molecule has 4 atom stereocenters. The summed E-state index contributed by atoms with van der Waals surface area (Å²) in [7, 11) is 0. The summed E-state index contributed by atoms with van der Waals surface area (Å²) < 4.78 is 12.6. The molecular formula is C31H27N3O4. The van der Waals surface area contributed by atoms with E-state index in [2.05, 4.69) is 12.1 Å². The summed E-state index contributed by atoms with van der Waals surface area (Å²) in [5.74, 6) is -1.16. The smallest absolute Gasteiger partial charge is 0.240 e. The fourth-order valence-electron chi connectivity index (χ4n) is 6.94. The molecule has 0 N–H and O–H groups in total. The zero-order chi connectivity index (χ0) is 26.8. The molecule has 4 unspecified atom stereocenters. The first-order valence-corrected chi connectivity index (χ1v) is 12.9. The number of benzene rings is 3. The number of imide groups is 1. The third-order valence-corrected chi connectivity index (χ3v) is 8.68. The number of amides is 2. The van der Waals surface area contributed by atoms with Crippen LogP contribution in [0.15, 0.2) is 48.5 Å². The van der Waals surface area contributed by atoms with Crippen molar-refractivity contribution in [2.75, 3.05) is 11.5 Å². The predicted molar refractivity (Wildman–Crippen MR) is 140 cm³/mol. The summed E-state index contributed by atoms with van der Waals surface area (Å²) in [6.45, 7) is 5.99. The Morgan fingerprint density at radius 3 is 2.37 bits per heavy atom. The number of hydrogen-bond donors (Lipinski definition) is 0. The first-order valence-electron chi connectivity index (χ1n) is 12.9. The van der Waals surface area contributed by atoms with Crippen LogP contribution in [0.4, 0.5) is 5.69 Å². The van der Waals surface area contributed by atoms with E-state index in [0.29, 0.717) is 53.8 Å². The van der Waals surface area contributed by atoms with Crippen LogP contribution in [0.3, 0.4) is 0 Å². The Morgan fingerprint density at radius 1 is 0.974 bits per heavy atom. The van der Waals surface area contributed by atoms with E-state index < -0.39 is 23.0 Å². The first-order chi connectivity index (χ1) is 18.2. The highest BCUT2D eigenvalue weighted by Gasteiger charge is 2.74. The molecule has 0 aliphatic carbocycles. The van der Waals surface area contributed by atoms with Gasteiger partial charge < -0.3 is 9.47 Å². The van der Waals surface area contributed by atoms with Crippen molar-refractivity contribution in [2.24, 2.45) is 11.8 Å². The van der Waals surface area contributed by atoms with Crippen LogP contribution in [0.5, 0.6) is 5.75 Å². The number of anilines is 1. The van der Waals surface area contributed by atoms with Crippen LogP contribution >= 0.6 is 0 Å². The van der Waals surface area contributed by atoms with Gasteiger partial charge in [0.25, 0.3) is 0 Å². The highest BCUT2D eigenvalue weighted by atomic mass is 16.5. The number of nitriles is 2. The van der Waals surface area contributed by atoms with Gasteiger partial charge in [0.1, 0.15) is 11.8 Å². The van der Waals surface area contributed by atoms with Gasteiger partial charge in [-0.05, 0) is 68.3 Å². The van der Waals surface area contributed by atoms with E-state index in [1.54, 1.807) is 6.07 Å². The van der Waals surface area contributed by atoms with Gasteiger partial charge in [0.2, 0.25) is 11.8 Å². The second kappa shape index (κ2) is 8.41. The number of aryl methyl sites for hydroxylation is 2. The minimum atomic E-state index is -0.804. The van der Waals surface area contributed by atoms with Crippen LogP contribution in [0.2, 0.25) is 0 Å². The van der Waals surface area contributed by atoms with Crippen molar-refractivity contribution < 1.29 is 19.1 Å². The van der Waals surface area contributed by atoms with Crippen LogP contribution in [0, 0.1) is 48.3 Å². The van der Waals surface area contributed by atoms with Crippen molar-refractivity contribution in [1.82, 2.24) is 0 Å². The lowest BCUT2D eigenvalue weighted by Gasteiger charge is -2.31. The van der Waals surface area contributed by atoms with Gasteiger partial charge in [-0.3, -0.25) is 9.59 Å². The summed E-state index contributed by atoms with van der Waals surface area (Å²) in [5, 5.41) is 20.9. The molecule has 2 bridgehead atoms. The Bertz CT molecular complexity index is 1590. The highest BCUT2D eigenvalue weighted by Crippen LogP contribution is 2.62. The molecule has 0 spiro atoms. The molecule has 190 valence electrons. The minimum Gasteiger partial charge on any atom is -0.493 e. The zero-order valence-corrected chi connectivity index (χ0v) is 21.6. The molecule has 7 nitrogen and oxygen atoms in total. The number of fused-ring (bicyclic) bond motifs is 6. The zero-order valence-electron chi connectivity index (χ0n) is 21.6. The molecule has 0 saturated carbocycles. The number of nitrogens with zero attached hydrogens (tertiary/aromatic N) is 3. The molecule has 38 heavy (non-hydrogen) atoms. The van der Waals surface area contributed by atoms with Crippen molar-refractivity contribution in [3.63, 3.8) is 0 Å². The van der Waals surface area contributed by atoms with Crippen LogP contribution in [0.25, 0.3) is 10.8 Å². The van der Waals surface area contributed by atoms with Crippen LogP contribution < -0.4 is 9.64 Å². The second-order valence-electron chi connectivity index (χ2n) is 10.9. The Kier molecular flexibility index (Phi) is 5.35. The van der Waals surface area contributed by atoms with E-state index in [4.69, 9.17) is 9.47 Å². The van der Waals surface area contributed by atoms with Gasteiger partial charge in [0, 0.05) is 11.8 Å². The average Bonchev–Trinajstić information content (AvgIpc) is 3.47. The van der Waals surface area contributed by atoms with Crippen LogP contribution in [0.1, 0.15) is 48.4 Å². The van der Waals surface area contributed by atoms with E-state index in [9.17, 15) is 20.1 Å². The molecular weight excluding hydrogens is 478 g/mol. The molecule has 3 aromatic rings. The lowest BCUT2D eigenvalue weighted by atomic mass is 9.67. The summed E-state index contributed by atoms with van der Waals surface area (Å²) in [4.78, 5) is 29.0. The highest BCUT2D eigenvalue weighted by molar-refractivity contribution is 6.24. The van der Waals surface area contributed by atoms with Gasteiger partial charge in [0.05, 0.1) is 52.5 Å². The average molecular weight is 506 g/mol. The van der Waals surface area contributed by atoms with Crippen molar-refractivity contribution in [1.29, 1.82) is 10.5 Å². The minimum absolute atomic E-state index is 0.296. The van der Waals surface area contributed by atoms with E-state index in [0.717, 1.165) is 16.5 Å². The van der Waals surface area contributed by atoms with Crippen molar-refractivity contribution in [2.45, 2.75) is 51.2 Å². The molecule has 0 radical (unpaired) electrons. The Morgan fingerprint density at radius 2 is 1.66 bits per heavy atom. The maximum atomic E-state index is 14.0. The van der Waals surface area contributed by atoms with Gasteiger partial charge in [-0.15, -0.1) is 0 Å². The third kappa shape index (κ3) is 3.29. The number of carbonyl (C=O) groups excluding carboxylic acids is 2. The second-order valence-corrected chi connectivity index (χ2v) is 10.9. The summed E-state index contributed by atoms with van der Waals surface area (Å²) in [6.07, 6.45) is 1.80. The summed E-state index contributed by atoms with van der Waals surface area (Å²) in [5.41, 5.74) is 1.47. The first kappa shape index (κ1) is 24.2. The van der Waals surface area contributed by atoms with E-state index >= 15 is 0 Å². The maximum Gasteiger partial charge on any atom is 0.240 e. The lowest BCUT2D eigenvalue weighted by Crippen LogP contribution is -2.43. The standard InChI is InChI=1S/C31H27N3O4/c1-18-14-21(15-19(2)23(18)16-32)37-13-12-31-11-10-30(3,38-31)26-27(31)29(36)34(28(26)35)25-9-8-20-6-4-5-7-22(20)24(25)17-33/h4-9,14-15,26-27H,10-13H2,1-3H3. The molecule has 3 heterocycles. The largest absolute Gasteiger partial charge is 0.493 e. The lowest BCUT2D eigenvalue weighted by molar-refractivity contribution is -0.131. The Labute approximate surface area is 221 Å². The number of hydrogen-bond acceptors (Lipinski definition) is 6. The fourth-order valence-corrected chi connectivity index (χ4v) is 6.94. The van der Waals surface area contributed by atoms with Gasteiger partial charge in [-0.25, -0.2) is 4.90 Å². The van der Waals surface area contributed by atoms with Gasteiger partial charge >= 0.3 is 0 Å². The van der Waals surface area contributed by atoms with Crippen molar-refractivity contribution >= 4 is 28.3 Å². The normalized spacial score (nSPS) is 27.4. The number of rotatable bonds is 5. The predicted octanol–water partition coefficient (Wildman–Crippen LogP) is 5.10. The molecule has 3 saturated heterocycles. The molecule has 6 rings (SSSR count). The molecule has 3 aromatic carbocycles. The Hall–Kier alpha value is -4.20. The summed E-state index contributed by atoms with van der Waals surface area (Å²) in [6, 6.07) is 19.2. The quantitative estimate of drug-likeness (QED) is 0.447. The van der Waals surface area contributed by atoms with Crippen LogP contribution in [-0.2, 0) is 14.3 Å². The van der Waals surface area contributed by atoms with E-state index in [1.807, 2.05) is 63.2 Å². The SMILES string of the molecule is Cc1cc(OCCC23CCC(C)(O2)C2C(=O)N(c4ccc5ccccc5c4C#N)C(=O)C23)cc(C)c1C#N. The van der Waals surface area contributed by atoms with E-state index in [1.165, 1.54) is 4.90 Å². The van der Waals surface area contributed by atoms with E-state index in [-0.39, 0.29) is 11.8 Å². The monoisotopic (exact) mass is 505 g/mol. The fraction of sp³-hybridized carbons (Fsp3) is 0.355.